The number of amides is 1. The monoisotopic (exact) mass is 414 g/mol. The molecule has 5 nitrogen and oxygen atoms in total. The summed E-state index contributed by atoms with van der Waals surface area (Å²) in [6.45, 7) is 1.86. The van der Waals surface area contributed by atoms with Gasteiger partial charge < -0.3 is 10.1 Å². The molecule has 30 heavy (non-hydrogen) atoms. The first kappa shape index (κ1) is 19.5. The van der Waals surface area contributed by atoms with E-state index in [4.69, 9.17) is 4.74 Å². The lowest BCUT2D eigenvalue weighted by atomic mass is 9.38. The molecule has 1 heterocycles. The van der Waals surface area contributed by atoms with Gasteiger partial charge in [0.15, 0.2) is 5.78 Å². The summed E-state index contributed by atoms with van der Waals surface area (Å²) in [5, 5.41) is 4.10. The van der Waals surface area contributed by atoms with E-state index < -0.39 is 11.8 Å². The molecule has 0 aliphatic heterocycles. The number of aromatic nitrogens is 1. The molecular formula is C23H24F2N2O3. The van der Waals surface area contributed by atoms with Crippen LogP contribution in [0.15, 0.2) is 30.3 Å². The quantitative estimate of drug-likeness (QED) is 0.713. The SMILES string of the molecule is Cc1ccc2nc(C(=O)NC34CC(CC(=O)COCC5CC5(F)F)(C3)C4)ccc2c1. The van der Waals surface area contributed by atoms with Crippen molar-refractivity contribution >= 4 is 22.6 Å². The van der Waals surface area contributed by atoms with Crippen LogP contribution in [0.25, 0.3) is 10.9 Å². The minimum absolute atomic E-state index is 0.0508. The van der Waals surface area contributed by atoms with Crippen LogP contribution in [-0.4, -0.2) is 41.3 Å². The molecule has 0 saturated heterocycles. The fourth-order valence-corrected chi connectivity index (χ4v) is 5.23. The van der Waals surface area contributed by atoms with E-state index in [-0.39, 0.29) is 42.3 Å². The van der Waals surface area contributed by atoms with Gasteiger partial charge in [-0.2, -0.15) is 0 Å². The maximum absolute atomic E-state index is 12.8. The minimum atomic E-state index is -2.61. The van der Waals surface area contributed by atoms with E-state index in [9.17, 15) is 18.4 Å². The smallest absolute Gasteiger partial charge is 0.270 e. The highest BCUT2D eigenvalue weighted by molar-refractivity contribution is 5.95. The van der Waals surface area contributed by atoms with Crippen molar-refractivity contribution in [1.82, 2.24) is 10.3 Å². The van der Waals surface area contributed by atoms with Crippen LogP contribution < -0.4 is 5.32 Å². The summed E-state index contributed by atoms with van der Waals surface area (Å²) in [5.41, 5.74) is 2.03. The Morgan fingerprint density at radius 2 is 1.93 bits per heavy atom. The van der Waals surface area contributed by atoms with E-state index in [0.29, 0.717) is 12.1 Å². The number of hydrogen-bond acceptors (Lipinski definition) is 4. The molecule has 4 fully saturated rings. The Bertz CT molecular complexity index is 1030. The third-order valence-electron chi connectivity index (χ3n) is 6.71. The van der Waals surface area contributed by atoms with Gasteiger partial charge in [0.1, 0.15) is 12.3 Å². The first-order chi connectivity index (χ1) is 14.2. The van der Waals surface area contributed by atoms with Gasteiger partial charge in [0.05, 0.1) is 18.0 Å². The topological polar surface area (TPSA) is 68.3 Å². The molecule has 4 aliphatic rings. The molecule has 6 rings (SSSR count). The molecule has 7 heteroatoms. The van der Waals surface area contributed by atoms with Gasteiger partial charge in [-0.1, -0.05) is 17.7 Å². The van der Waals surface area contributed by atoms with Crippen LogP contribution in [0.3, 0.4) is 0 Å². The molecule has 0 radical (unpaired) electrons. The highest BCUT2D eigenvalue weighted by atomic mass is 19.3. The van der Waals surface area contributed by atoms with Gasteiger partial charge in [-0.25, -0.2) is 13.8 Å². The molecule has 1 aromatic heterocycles. The number of nitrogens with zero attached hydrogens (tertiary/aromatic N) is 1. The van der Waals surface area contributed by atoms with Gasteiger partial charge in [0.2, 0.25) is 0 Å². The van der Waals surface area contributed by atoms with Crippen LogP contribution in [-0.2, 0) is 9.53 Å². The van der Waals surface area contributed by atoms with E-state index in [1.807, 2.05) is 31.2 Å². The average molecular weight is 414 g/mol. The number of aryl methyl sites for hydroxylation is 1. The number of nitrogens with one attached hydrogen (secondary N) is 1. The van der Waals surface area contributed by atoms with E-state index in [1.54, 1.807) is 6.07 Å². The molecule has 4 saturated carbocycles. The number of benzene rings is 1. The van der Waals surface area contributed by atoms with Gasteiger partial charge in [-0.15, -0.1) is 0 Å². The molecule has 2 bridgehead atoms. The van der Waals surface area contributed by atoms with Gasteiger partial charge in [-0.3, -0.25) is 9.59 Å². The van der Waals surface area contributed by atoms with E-state index in [0.717, 1.165) is 35.7 Å². The lowest BCUT2D eigenvalue weighted by Gasteiger charge is -2.70. The number of hydrogen-bond donors (Lipinski definition) is 1. The van der Waals surface area contributed by atoms with Crippen molar-refractivity contribution < 1.29 is 23.1 Å². The number of ether oxygens (including phenoxy) is 1. The number of alkyl halides is 2. The van der Waals surface area contributed by atoms with Gasteiger partial charge in [0.25, 0.3) is 11.8 Å². The number of carbonyl (C=O) groups excluding carboxylic acids is 2. The Kier molecular flexibility index (Phi) is 4.26. The number of rotatable bonds is 8. The number of ketones is 1. The third kappa shape index (κ3) is 3.49. The zero-order chi connectivity index (χ0) is 21.1. The Morgan fingerprint density at radius 1 is 1.20 bits per heavy atom. The van der Waals surface area contributed by atoms with Crippen molar-refractivity contribution in [3.8, 4) is 0 Å². The summed E-state index contributed by atoms with van der Waals surface area (Å²) >= 11 is 0. The number of carbonyl (C=O) groups is 2. The van der Waals surface area contributed by atoms with Crippen molar-refractivity contribution in [2.75, 3.05) is 13.2 Å². The zero-order valence-electron chi connectivity index (χ0n) is 16.8. The van der Waals surface area contributed by atoms with E-state index in [2.05, 4.69) is 10.3 Å². The predicted molar refractivity (Wildman–Crippen MR) is 106 cm³/mol. The number of pyridine rings is 1. The lowest BCUT2D eigenvalue weighted by molar-refractivity contribution is -0.164. The summed E-state index contributed by atoms with van der Waals surface area (Å²) in [6.07, 6.45) is 2.55. The maximum Gasteiger partial charge on any atom is 0.270 e. The van der Waals surface area contributed by atoms with Crippen LogP contribution in [0.1, 0.15) is 48.2 Å². The molecule has 158 valence electrons. The van der Waals surface area contributed by atoms with Crippen LogP contribution in [0, 0.1) is 18.3 Å². The molecule has 2 aromatic rings. The van der Waals surface area contributed by atoms with Crippen LogP contribution in [0.2, 0.25) is 0 Å². The molecule has 1 aromatic carbocycles. The number of fused-ring (bicyclic) bond motifs is 1. The second kappa shape index (κ2) is 6.54. The Labute approximate surface area is 173 Å². The summed E-state index contributed by atoms with van der Waals surface area (Å²) in [6, 6.07) is 9.56. The van der Waals surface area contributed by atoms with Gasteiger partial charge in [-0.05, 0) is 49.8 Å². The van der Waals surface area contributed by atoms with Crippen LogP contribution >= 0.6 is 0 Å². The van der Waals surface area contributed by atoms with Crippen molar-refractivity contribution in [2.24, 2.45) is 11.3 Å². The molecule has 1 N–H and O–H groups in total. The summed E-state index contributed by atoms with van der Waals surface area (Å²) < 4.78 is 30.8. The van der Waals surface area contributed by atoms with E-state index in [1.165, 1.54) is 0 Å². The fourth-order valence-electron chi connectivity index (χ4n) is 5.23. The first-order valence-electron chi connectivity index (χ1n) is 10.4. The number of Topliss-reactive ketones (excluding diaryl/α,β-unsaturated/α-hetero) is 1. The number of halogens is 2. The van der Waals surface area contributed by atoms with Crippen molar-refractivity contribution in [3.05, 3.63) is 41.6 Å². The van der Waals surface area contributed by atoms with Crippen LogP contribution in [0.5, 0.6) is 0 Å². The van der Waals surface area contributed by atoms with Crippen molar-refractivity contribution in [3.63, 3.8) is 0 Å². The standard InChI is InChI=1S/C23H24F2N2O3/c1-14-2-4-18-15(6-14)3-5-19(26-18)20(29)27-22-11-21(12-22,13-22)8-17(28)10-30-9-16-7-23(16,24)25/h2-6,16H,7-13H2,1H3,(H,27,29). The van der Waals surface area contributed by atoms with Crippen molar-refractivity contribution in [1.29, 1.82) is 0 Å². The average Bonchev–Trinajstić information content (AvgIpc) is 3.24. The molecule has 4 aliphatic carbocycles. The minimum Gasteiger partial charge on any atom is -0.373 e. The maximum atomic E-state index is 12.8. The molecule has 1 unspecified atom stereocenters. The largest absolute Gasteiger partial charge is 0.373 e. The zero-order valence-corrected chi connectivity index (χ0v) is 16.8. The highest BCUT2D eigenvalue weighted by Gasteiger charge is 2.68. The first-order valence-corrected chi connectivity index (χ1v) is 10.4. The van der Waals surface area contributed by atoms with Gasteiger partial charge >= 0.3 is 0 Å². The third-order valence-corrected chi connectivity index (χ3v) is 6.71. The summed E-state index contributed by atoms with van der Waals surface area (Å²) in [4.78, 5) is 29.3. The van der Waals surface area contributed by atoms with E-state index >= 15 is 0 Å². The predicted octanol–water partition coefficient (Wildman–Crippen LogP) is 3.83. The molecule has 0 spiro atoms. The summed E-state index contributed by atoms with van der Waals surface area (Å²) in [7, 11) is 0. The second-order valence-electron chi connectivity index (χ2n) is 9.55. The Balaban J connectivity index is 1.10. The fraction of sp³-hybridized carbons (Fsp3) is 0.522. The Morgan fingerprint density at radius 3 is 2.63 bits per heavy atom. The molecule has 1 amide bonds. The van der Waals surface area contributed by atoms with Gasteiger partial charge in [0, 0.05) is 23.8 Å². The Hall–Kier alpha value is -2.41. The molecule has 1 atom stereocenters. The van der Waals surface area contributed by atoms with Crippen molar-refractivity contribution in [2.45, 2.75) is 50.5 Å². The summed E-state index contributed by atoms with van der Waals surface area (Å²) in [5.74, 6) is -3.58. The lowest BCUT2D eigenvalue weighted by Crippen LogP contribution is -2.75. The normalized spacial score (nSPS) is 30.3. The van der Waals surface area contributed by atoms with Crippen LogP contribution in [0.4, 0.5) is 8.78 Å². The molecular weight excluding hydrogens is 390 g/mol. The second-order valence-corrected chi connectivity index (χ2v) is 9.55. The highest BCUT2D eigenvalue weighted by Crippen LogP contribution is 2.69.